The van der Waals surface area contributed by atoms with Gasteiger partial charge in [0.15, 0.2) is 6.29 Å². The van der Waals surface area contributed by atoms with Crippen molar-refractivity contribution in [2.45, 2.75) is 42.7 Å². The van der Waals surface area contributed by atoms with Crippen LogP contribution in [0.1, 0.15) is 17.4 Å². The summed E-state index contributed by atoms with van der Waals surface area (Å²) in [5.41, 5.74) is 1.58. The van der Waals surface area contributed by atoms with Gasteiger partial charge in [-0.25, -0.2) is 0 Å². The minimum absolute atomic E-state index is 0.351. The normalized spacial score (nSPS) is 33.0. The molecule has 0 aromatic heterocycles. The molecule has 8 heteroatoms. The maximum Gasteiger partial charge on any atom is 0.184 e. The van der Waals surface area contributed by atoms with Crippen LogP contribution < -0.4 is 0 Å². The number of aliphatic hydroxyl groups is 1. The molecule has 0 spiro atoms. The Morgan fingerprint density at radius 1 is 1.06 bits per heavy atom. The number of hydrogen-bond acceptors (Lipinski definition) is 8. The van der Waals surface area contributed by atoms with E-state index in [1.54, 1.807) is 11.8 Å². The Morgan fingerprint density at radius 2 is 1.84 bits per heavy atom. The third-order valence-corrected chi connectivity index (χ3v) is 7.79. The zero-order chi connectivity index (χ0) is 21.0. The van der Waals surface area contributed by atoms with E-state index in [4.69, 9.17) is 18.9 Å². The van der Waals surface area contributed by atoms with E-state index in [2.05, 4.69) is 4.99 Å². The van der Waals surface area contributed by atoms with E-state index in [9.17, 15) is 5.11 Å². The van der Waals surface area contributed by atoms with E-state index in [0.717, 1.165) is 27.8 Å². The van der Waals surface area contributed by atoms with Crippen LogP contribution in [-0.2, 0) is 25.6 Å². The summed E-state index contributed by atoms with van der Waals surface area (Å²) in [7, 11) is 0. The van der Waals surface area contributed by atoms with Crippen LogP contribution in [0.5, 0.6) is 0 Å². The molecule has 3 heterocycles. The van der Waals surface area contributed by atoms with Gasteiger partial charge in [-0.15, -0.1) is 0 Å². The van der Waals surface area contributed by atoms with Gasteiger partial charge in [0.2, 0.25) is 0 Å². The predicted octanol–water partition coefficient (Wildman–Crippen LogP) is 3.61. The molecule has 5 rings (SSSR count). The Kier molecular flexibility index (Phi) is 6.95. The van der Waals surface area contributed by atoms with E-state index in [1.807, 2.05) is 60.7 Å². The molecule has 2 saturated heterocycles. The fourth-order valence-corrected chi connectivity index (χ4v) is 6.15. The summed E-state index contributed by atoms with van der Waals surface area (Å²) in [6.07, 6.45) is -2.83. The van der Waals surface area contributed by atoms with Crippen molar-refractivity contribution >= 4 is 27.9 Å². The van der Waals surface area contributed by atoms with Gasteiger partial charge < -0.3 is 24.1 Å². The second kappa shape index (κ2) is 10.0. The highest BCUT2D eigenvalue weighted by molar-refractivity contribution is 8.39. The molecule has 2 aromatic rings. The van der Waals surface area contributed by atoms with Crippen LogP contribution in [0.3, 0.4) is 0 Å². The highest BCUT2D eigenvalue weighted by atomic mass is 32.2. The molecule has 0 aliphatic carbocycles. The molecular formula is C23H25NO5S2. The lowest BCUT2D eigenvalue weighted by Crippen LogP contribution is -2.61. The van der Waals surface area contributed by atoms with E-state index < -0.39 is 24.6 Å². The largest absolute Gasteiger partial charge is 0.387 e. The summed E-state index contributed by atoms with van der Waals surface area (Å²) in [6.45, 7) is 1.55. The van der Waals surface area contributed by atoms with Gasteiger partial charge in [0, 0.05) is 11.3 Å². The lowest BCUT2D eigenvalue weighted by atomic mass is 9.98. The average Bonchev–Trinajstić information content (AvgIpc) is 3.33. The number of aliphatic hydroxyl groups excluding tert-OH is 1. The molecular weight excluding hydrogens is 434 g/mol. The number of benzene rings is 2. The van der Waals surface area contributed by atoms with Crippen LogP contribution in [0, 0.1) is 0 Å². The molecule has 0 amide bonds. The fraction of sp³-hybridized carbons (Fsp3) is 0.435. The van der Waals surface area contributed by atoms with Crippen LogP contribution in [0.25, 0.3) is 0 Å². The minimum atomic E-state index is -0.845. The summed E-state index contributed by atoms with van der Waals surface area (Å²) in [5.74, 6) is 0.976. The number of rotatable bonds is 5. The minimum Gasteiger partial charge on any atom is -0.387 e. The Balaban J connectivity index is 1.33. The topological polar surface area (TPSA) is 69.5 Å². The second-order valence-electron chi connectivity index (χ2n) is 7.59. The quantitative estimate of drug-likeness (QED) is 0.733. The lowest BCUT2D eigenvalue weighted by Gasteiger charge is -2.47. The first-order valence-electron chi connectivity index (χ1n) is 10.4. The molecule has 1 N–H and O–H groups in total. The van der Waals surface area contributed by atoms with Crippen molar-refractivity contribution in [3.63, 3.8) is 0 Å². The zero-order valence-corrected chi connectivity index (χ0v) is 18.5. The van der Waals surface area contributed by atoms with Crippen molar-refractivity contribution in [3.05, 3.63) is 71.8 Å². The molecule has 3 aliphatic heterocycles. The summed E-state index contributed by atoms with van der Waals surface area (Å²) >= 11 is 3.24. The molecule has 3 aliphatic rings. The number of nitrogens with zero attached hydrogens (tertiary/aromatic N) is 1. The average molecular weight is 460 g/mol. The number of fused-ring (bicyclic) bond motifs is 1. The van der Waals surface area contributed by atoms with Crippen LogP contribution in [-0.4, -0.2) is 58.2 Å². The van der Waals surface area contributed by atoms with Crippen molar-refractivity contribution < 1.29 is 24.1 Å². The molecule has 2 aromatic carbocycles. The third kappa shape index (κ3) is 5.01. The summed E-state index contributed by atoms with van der Waals surface area (Å²) < 4.78 is 25.6. The SMILES string of the molecule is O[C@@H]1[C@@H](OCc2ccccc2)[C@H](SC2=NCCS2)O[C@@H]2COC(c3ccccc3)O[C@@H]12. The Bertz CT molecular complexity index is 884. The highest BCUT2D eigenvalue weighted by Gasteiger charge is 2.50. The maximum absolute atomic E-state index is 11.3. The first kappa shape index (κ1) is 21.5. The number of aliphatic imine (C=N–C) groups is 1. The molecule has 31 heavy (non-hydrogen) atoms. The van der Waals surface area contributed by atoms with Crippen molar-refractivity contribution in [1.29, 1.82) is 0 Å². The molecule has 6 atom stereocenters. The highest BCUT2D eigenvalue weighted by Crippen LogP contribution is 2.40. The van der Waals surface area contributed by atoms with E-state index in [1.165, 1.54) is 11.8 Å². The summed E-state index contributed by atoms with van der Waals surface area (Å²) in [4.78, 5) is 4.53. The van der Waals surface area contributed by atoms with Gasteiger partial charge in [0.1, 0.15) is 34.2 Å². The van der Waals surface area contributed by atoms with Gasteiger partial charge >= 0.3 is 0 Å². The van der Waals surface area contributed by atoms with Gasteiger partial charge in [-0.05, 0) is 5.56 Å². The van der Waals surface area contributed by atoms with Crippen molar-refractivity contribution in [2.24, 2.45) is 4.99 Å². The lowest BCUT2D eigenvalue weighted by molar-refractivity contribution is -0.322. The van der Waals surface area contributed by atoms with Gasteiger partial charge in [-0.1, -0.05) is 84.2 Å². The molecule has 164 valence electrons. The maximum atomic E-state index is 11.3. The van der Waals surface area contributed by atoms with Crippen LogP contribution in [0.2, 0.25) is 0 Å². The molecule has 0 radical (unpaired) electrons. The first-order chi connectivity index (χ1) is 15.3. The zero-order valence-electron chi connectivity index (χ0n) is 16.9. The van der Waals surface area contributed by atoms with E-state index in [0.29, 0.717) is 13.2 Å². The van der Waals surface area contributed by atoms with Crippen molar-refractivity contribution in [1.82, 2.24) is 0 Å². The predicted molar refractivity (Wildman–Crippen MR) is 122 cm³/mol. The van der Waals surface area contributed by atoms with Crippen molar-refractivity contribution in [2.75, 3.05) is 18.9 Å². The summed E-state index contributed by atoms with van der Waals surface area (Å²) in [6, 6.07) is 19.7. The van der Waals surface area contributed by atoms with Crippen molar-refractivity contribution in [3.8, 4) is 0 Å². The monoisotopic (exact) mass is 459 g/mol. The smallest absolute Gasteiger partial charge is 0.184 e. The van der Waals surface area contributed by atoms with E-state index >= 15 is 0 Å². The third-order valence-electron chi connectivity index (χ3n) is 5.44. The molecule has 2 fully saturated rings. The Morgan fingerprint density at radius 3 is 2.58 bits per heavy atom. The number of thioether (sulfide) groups is 2. The molecule has 0 saturated carbocycles. The number of hydrogen-bond donors (Lipinski definition) is 1. The van der Waals surface area contributed by atoms with Gasteiger partial charge in [0.25, 0.3) is 0 Å². The van der Waals surface area contributed by atoms with E-state index in [-0.39, 0.29) is 11.5 Å². The standard InChI is InChI=1S/C23H25NO5S2/c25-18-19-17(14-27-21(29-19)16-9-5-2-6-10-16)28-22(31-23-24-11-12-30-23)20(18)26-13-15-7-3-1-4-8-15/h1-10,17-22,25H,11-14H2/t17-,18+,19-,20-,21?,22+/m1/s1. The fourth-order valence-electron chi connectivity index (χ4n) is 3.87. The second-order valence-corrected chi connectivity index (χ2v) is 10.0. The van der Waals surface area contributed by atoms with Crippen LogP contribution >= 0.6 is 23.5 Å². The van der Waals surface area contributed by atoms with Crippen LogP contribution in [0.15, 0.2) is 65.7 Å². The molecule has 1 unspecified atom stereocenters. The van der Waals surface area contributed by atoms with Gasteiger partial charge in [0.05, 0.1) is 19.8 Å². The number of ether oxygens (including phenoxy) is 4. The Labute approximate surface area is 190 Å². The van der Waals surface area contributed by atoms with Gasteiger partial charge in [-0.2, -0.15) is 0 Å². The molecule has 0 bridgehead atoms. The Hall–Kier alpha value is -1.39. The van der Waals surface area contributed by atoms with Gasteiger partial charge in [-0.3, -0.25) is 4.99 Å². The summed E-state index contributed by atoms with van der Waals surface area (Å²) in [5, 5.41) is 11.3. The van der Waals surface area contributed by atoms with Crippen LogP contribution in [0.4, 0.5) is 0 Å². The first-order valence-corrected chi connectivity index (χ1v) is 12.3. The molecule has 6 nitrogen and oxygen atoms in total.